The lowest BCUT2D eigenvalue weighted by Gasteiger charge is -2.46. The number of aromatic nitrogens is 1. The molecule has 2 aromatic carbocycles. The maximum absolute atomic E-state index is 13.3. The molecule has 34 heavy (non-hydrogen) atoms. The van der Waals surface area contributed by atoms with E-state index in [1.54, 1.807) is 6.07 Å². The number of anilines is 1. The number of carbonyl (C=O) groups excluding carboxylic acids is 2. The first-order chi connectivity index (χ1) is 16.3. The molecule has 3 atom stereocenters. The summed E-state index contributed by atoms with van der Waals surface area (Å²) in [6, 6.07) is 12.3. The lowest BCUT2D eigenvalue weighted by atomic mass is 10.0. The van der Waals surface area contributed by atoms with Gasteiger partial charge >= 0.3 is 0 Å². The fourth-order valence-corrected chi connectivity index (χ4v) is 5.69. The minimum absolute atomic E-state index is 0.0637. The summed E-state index contributed by atoms with van der Waals surface area (Å²) in [5.74, 6) is -1.05. The van der Waals surface area contributed by atoms with Gasteiger partial charge in [-0.05, 0) is 50.2 Å². The minimum Gasteiger partial charge on any atom is -0.442 e. The van der Waals surface area contributed by atoms with Crippen LogP contribution in [-0.2, 0) is 10.8 Å². The van der Waals surface area contributed by atoms with Crippen molar-refractivity contribution in [1.82, 2.24) is 9.88 Å². The molecule has 10 heteroatoms. The van der Waals surface area contributed by atoms with Crippen LogP contribution in [0.1, 0.15) is 34.9 Å². The molecule has 1 saturated heterocycles. The lowest BCUT2D eigenvalue weighted by Crippen LogP contribution is -2.59. The number of ketones is 1. The molecule has 0 saturated carbocycles. The maximum Gasteiger partial charge on any atom is 0.264 e. The molecule has 2 unspecified atom stereocenters. The molecule has 3 aromatic rings. The molecule has 1 aromatic heterocycles. The molecule has 0 aliphatic carbocycles. The highest BCUT2D eigenvalue weighted by Crippen LogP contribution is 2.29. The first-order valence-electron chi connectivity index (χ1n) is 10.7. The van der Waals surface area contributed by atoms with E-state index in [1.807, 2.05) is 36.1 Å². The average Bonchev–Trinajstić information content (AvgIpc) is 3.35. The number of benzene rings is 2. The Morgan fingerprint density at radius 1 is 1.12 bits per heavy atom. The average molecular weight is 520 g/mol. The first kappa shape index (κ1) is 24.4. The van der Waals surface area contributed by atoms with Crippen LogP contribution in [0.25, 0.3) is 0 Å². The molecular formula is C24H23Cl2N3O4S. The van der Waals surface area contributed by atoms with Crippen molar-refractivity contribution >= 4 is 51.4 Å². The Morgan fingerprint density at radius 3 is 2.59 bits per heavy atom. The van der Waals surface area contributed by atoms with Crippen LogP contribution in [0.15, 0.2) is 64.2 Å². The number of oxazole rings is 1. The van der Waals surface area contributed by atoms with Crippen LogP contribution in [0.3, 0.4) is 0 Å². The number of carbonyl (C=O) groups is 2. The number of hydrogen-bond acceptors (Lipinski definition) is 6. The summed E-state index contributed by atoms with van der Waals surface area (Å²) in [6.07, 6.45) is 2.63. The van der Waals surface area contributed by atoms with Crippen molar-refractivity contribution in [3.05, 3.63) is 76.4 Å². The van der Waals surface area contributed by atoms with Gasteiger partial charge < -0.3 is 14.2 Å². The van der Waals surface area contributed by atoms with Crippen LogP contribution in [-0.4, -0.2) is 56.7 Å². The minimum atomic E-state index is -1.70. The van der Waals surface area contributed by atoms with E-state index in [0.717, 1.165) is 5.69 Å². The van der Waals surface area contributed by atoms with Crippen LogP contribution in [0.2, 0.25) is 10.0 Å². The van der Waals surface area contributed by atoms with Crippen LogP contribution >= 0.6 is 23.2 Å². The van der Waals surface area contributed by atoms with Crippen molar-refractivity contribution in [3.63, 3.8) is 0 Å². The van der Waals surface area contributed by atoms with Crippen LogP contribution in [0.5, 0.6) is 0 Å². The van der Waals surface area contributed by atoms with E-state index in [2.05, 4.69) is 16.8 Å². The highest BCUT2D eigenvalue weighted by molar-refractivity contribution is 7.86. The number of amides is 1. The summed E-state index contributed by atoms with van der Waals surface area (Å²) in [7, 11) is -1.70. The molecule has 1 aliphatic rings. The topological polar surface area (TPSA) is 83.7 Å². The standard InChI is InChI=1S/C24H23Cl2N3O4S/c1-15-16(2)29(10-9-28(15)19-5-3-4-18(25)13-19)24(31)17-6-7-22(20(26)12-17)34(32)14-21(30)23-27-8-11-33-23/h3-8,11-13,15-16H,9-10,14H2,1-2H3/t15?,16-,34?/m0/s1. The Labute approximate surface area is 210 Å². The number of rotatable bonds is 6. The van der Waals surface area contributed by atoms with Crippen molar-refractivity contribution in [3.8, 4) is 0 Å². The molecule has 7 nitrogen and oxygen atoms in total. The predicted molar refractivity (Wildman–Crippen MR) is 132 cm³/mol. The van der Waals surface area contributed by atoms with Gasteiger partial charge in [0.25, 0.3) is 11.8 Å². The van der Waals surface area contributed by atoms with E-state index in [0.29, 0.717) is 23.7 Å². The highest BCUT2D eigenvalue weighted by Gasteiger charge is 2.34. The first-order valence-corrected chi connectivity index (χ1v) is 12.8. The summed E-state index contributed by atoms with van der Waals surface area (Å²) in [5, 5.41) is 0.841. The maximum atomic E-state index is 13.3. The van der Waals surface area contributed by atoms with Crippen LogP contribution in [0, 0.1) is 0 Å². The zero-order valence-corrected chi connectivity index (χ0v) is 20.9. The van der Waals surface area contributed by atoms with Gasteiger partial charge in [0, 0.05) is 41.4 Å². The molecule has 178 valence electrons. The Hall–Kier alpha value is -2.68. The fraction of sp³-hybridized carbons (Fsp3) is 0.292. The van der Waals surface area contributed by atoms with Crippen molar-refractivity contribution in [2.75, 3.05) is 23.7 Å². The van der Waals surface area contributed by atoms with E-state index in [4.69, 9.17) is 27.6 Å². The fourth-order valence-electron chi connectivity index (χ4n) is 4.05. The van der Waals surface area contributed by atoms with Crippen molar-refractivity contribution in [1.29, 1.82) is 0 Å². The second kappa shape index (κ2) is 10.3. The van der Waals surface area contributed by atoms with Gasteiger partial charge in [-0.15, -0.1) is 0 Å². The molecule has 0 spiro atoms. The third kappa shape index (κ3) is 5.04. The second-order valence-electron chi connectivity index (χ2n) is 8.05. The molecule has 2 heterocycles. The van der Waals surface area contributed by atoms with Crippen LogP contribution in [0.4, 0.5) is 5.69 Å². The largest absolute Gasteiger partial charge is 0.442 e. The van der Waals surface area contributed by atoms with Gasteiger partial charge in [-0.3, -0.25) is 13.8 Å². The molecule has 1 aliphatic heterocycles. The number of Topliss-reactive ketones (excluding diaryl/α,β-unsaturated/α-hetero) is 1. The van der Waals surface area contributed by atoms with Gasteiger partial charge in [0.15, 0.2) is 0 Å². The smallest absolute Gasteiger partial charge is 0.264 e. The molecular weight excluding hydrogens is 497 g/mol. The number of piperazine rings is 1. The number of halogens is 2. The third-order valence-electron chi connectivity index (χ3n) is 6.02. The molecule has 0 bridgehead atoms. The van der Waals surface area contributed by atoms with Gasteiger partial charge in [0.1, 0.15) is 6.26 Å². The zero-order chi connectivity index (χ0) is 24.4. The SMILES string of the molecule is CC1[C@H](C)N(C(=O)c2ccc(S(=O)CC(=O)c3ncco3)c(Cl)c2)CCN1c1cccc(Cl)c1. The van der Waals surface area contributed by atoms with Crippen LogP contribution < -0.4 is 4.90 Å². The zero-order valence-electron chi connectivity index (χ0n) is 18.6. The summed E-state index contributed by atoms with van der Waals surface area (Å²) in [6.45, 7) is 5.29. The monoisotopic (exact) mass is 519 g/mol. The Morgan fingerprint density at radius 2 is 1.91 bits per heavy atom. The predicted octanol–water partition coefficient (Wildman–Crippen LogP) is 4.71. The second-order valence-corrected chi connectivity index (χ2v) is 10.3. The molecule has 1 fully saturated rings. The molecule has 1 amide bonds. The van der Waals surface area contributed by atoms with Gasteiger partial charge in [0.2, 0.25) is 5.78 Å². The molecule has 0 N–H and O–H groups in total. The Kier molecular flexibility index (Phi) is 7.40. The van der Waals surface area contributed by atoms with Gasteiger partial charge in [-0.25, -0.2) is 4.98 Å². The van der Waals surface area contributed by atoms with Crippen molar-refractivity contribution in [2.24, 2.45) is 0 Å². The lowest BCUT2D eigenvalue weighted by molar-refractivity contribution is 0.0634. The van der Waals surface area contributed by atoms with E-state index in [1.165, 1.54) is 24.6 Å². The van der Waals surface area contributed by atoms with Crippen molar-refractivity contribution in [2.45, 2.75) is 30.8 Å². The van der Waals surface area contributed by atoms with E-state index in [-0.39, 0.29) is 39.6 Å². The molecule has 0 radical (unpaired) electrons. The normalized spacial score (nSPS) is 19.2. The quantitative estimate of drug-likeness (QED) is 0.438. The molecule has 4 rings (SSSR count). The number of nitrogens with zero attached hydrogens (tertiary/aromatic N) is 3. The summed E-state index contributed by atoms with van der Waals surface area (Å²) in [5.41, 5.74) is 1.42. The highest BCUT2D eigenvalue weighted by atomic mass is 35.5. The van der Waals surface area contributed by atoms with Crippen molar-refractivity contribution < 1.29 is 18.2 Å². The van der Waals surface area contributed by atoms with Gasteiger partial charge in [0.05, 0.1) is 32.7 Å². The van der Waals surface area contributed by atoms with Gasteiger partial charge in [-0.2, -0.15) is 0 Å². The number of hydrogen-bond donors (Lipinski definition) is 0. The third-order valence-corrected chi connectivity index (χ3v) is 8.05. The summed E-state index contributed by atoms with van der Waals surface area (Å²) < 4.78 is 17.6. The summed E-state index contributed by atoms with van der Waals surface area (Å²) in [4.78, 5) is 33.5. The summed E-state index contributed by atoms with van der Waals surface area (Å²) >= 11 is 12.5. The van der Waals surface area contributed by atoms with Gasteiger partial charge in [-0.1, -0.05) is 29.3 Å². The Bertz CT molecular complexity index is 1230. The van der Waals surface area contributed by atoms with E-state index >= 15 is 0 Å². The van der Waals surface area contributed by atoms with E-state index < -0.39 is 16.6 Å². The van der Waals surface area contributed by atoms with E-state index in [9.17, 15) is 13.8 Å². The Balaban J connectivity index is 1.46.